The Bertz CT molecular complexity index is 375. The number of methoxy groups -OCH3 is 1. The highest BCUT2D eigenvalue weighted by molar-refractivity contribution is 5.22. The average molecular weight is 249 g/mol. The van der Waals surface area contributed by atoms with Crippen molar-refractivity contribution in [3.8, 4) is 0 Å². The summed E-state index contributed by atoms with van der Waals surface area (Å²) in [6.07, 6.45) is 3.44. The van der Waals surface area contributed by atoms with Gasteiger partial charge in [0.25, 0.3) is 0 Å². The zero-order valence-electron chi connectivity index (χ0n) is 11.1. The van der Waals surface area contributed by atoms with Crippen LogP contribution in [0.1, 0.15) is 30.4 Å². The Morgan fingerprint density at radius 1 is 1.33 bits per heavy atom. The Morgan fingerprint density at radius 2 is 2.11 bits per heavy atom. The molecule has 0 heterocycles. The van der Waals surface area contributed by atoms with Crippen LogP contribution in [0.2, 0.25) is 0 Å². The number of hydrogen-bond donors (Lipinski definition) is 2. The average Bonchev–Trinajstić information content (AvgIpc) is 3.11. The maximum absolute atomic E-state index is 9.01. The van der Waals surface area contributed by atoms with Gasteiger partial charge in [-0.1, -0.05) is 24.3 Å². The molecule has 0 saturated heterocycles. The first-order valence-corrected chi connectivity index (χ1v) is 6.66. The molecule has 1 fully saturated rings. The second-order valence-electron chi connectivity index (χ2n) is 5.33. The maximum atomic E-state index is 9.01. The zero-order valence-corrected chi connectivity index (χ0v) is 11.1. The van der Waals surface area contributed by atoms with Crippen LogP contribution in [0.4, 0.5) is 0 Å². The smallest absolute Gasteiger partial charge is 0.0713 e. The molecule has 3 heteroatoms. The molecular formula is C15H23NO2. The van der Waals surface area contributed by atoms with Crippen LogP contribution in [0.15, 0.2) is 24.3 Å². The number of ether oxygens (including phenoxy) is 1. The second-order valence-corrected chi connectivity index (χ2v) is 5.33. The van der Waals surface area contributed by atoms with Crippen molar-refractivity contribution in [3.63, 3.8) is 0 Å². The molecule has 1 aromatic rings. The minimum Gasteiger partial charge on any atom is -0.396 e. The van der Waals surface area contributed by atoms with E-state index in [-0.39, 0.29) is 0 Å². The zero-order chi connectivity index (χ0) is 12.8. The molecule has 2 N–H and O–H groups in total. The van der Waals surface area contributed by atoms with Crippen LogP contribution in [0.25, 0.3) is 0 Å². The lowest BCUT2D eigenvalue weighted by atomic mass is 10.0. The lowest BCUT2D eigenvalue weighted by Gasteiger charge is -2.14. The van der Waals surface area contributed by atoms with E-state index >= 15 is 0 Å². The highest BCUT2D eigenvalue weighted by atomic mass is 16.5. The van der Waals surface area contributed by atoms with E-state index in [4.69, 9.17) is 9.84 Å². The largest absolute Gasteiger partial charge is 0.396 e. The summed E-state index contributed by atoms with van der Waals surface area (Å²) in [6, 6.07) is 8.48. The summed E-state index contributed by atoms with van der Waals surface area (Å²) in [5.41, 5.74) is 2.90. The molecule has 0 unspecified atom stereocenters. The van der Waals surface area contributed by atoms with Gasteiger partial charge in [-0.2, -0.15) is 0 Å². The molecular weight excluding hydrogens is 226 g/mol. The minimum atomic E-state index is 0.311. The van der Waals surface area contributed by atoms with Gasteiger partial charge in [0.15, 0.2) is 0 Å². The molecule has 0 atom stereocenters. The number of rotatable bonds is 8. The molecule has 18 heavy (non-hydrogen) atoms. The van der Waals surface area contributed by atoms with Gasteiger partial charge < -0.3 is 15.2 Å². The Balaban J connectivity index is 1.78. The van der Waals surface area contributed by atoms with E-state index in [0.29, 0.717) is 18.6 Å². The van der Waals surface area contributed by atoms with Crippen molar-refractivity contribution in [1.29, 1.82) is 0 Å². The van der Waals surface area contributed by atoms with Crippen molar-refractivity contribution in [2.24, 2.45) is 5.41 Å². The maximum Gasteiger partial charge on any atom is 0.0713 e. The predicted molar refractivity (Wildman–Crippen MR) is 72.2 cm³/mol. The van der Waals surface area contributed by atoms with Gasteiger partial charge >= 0.3 is 0 Å². The molecule has 3 nitrogen and oxygen atoms in total. The molecule has 1 aliphatic rings. The summed E-state index contributed by atoms with van der Waals surface area (Å²) in [5, 5.41) is 12.5. The highest BCUT2D eigenvalue weighted by Gasteiger charge is 2.41. The summed E-state index contributed by atoms with van der Waals surface area (Å²) in [5.74, 6) is 0. The number of nitrogens with one attached hydrogen (secondary N) is 1. The Labute approximate surface area is 109 Å². The van der Waals surface area contributed by atoms with Crippen LogP contribution in [0.5, 0.6) is 0 Å². The number of benzene rings is 1. The van der Waals surface area contributed by atoms with E-state index in [1.807, 2.05) is 0 Å². The third-order valence-electron chi connectivity index (χ3n) is 3.73. The summed E-state index contributed by atoms with van der Waals surface area (Å²) < 4.78 is 5.14. The third-order valence-corrected chi connectivity index (χ3v) is 3.73. The van der Waals surface area contributed by atoms with Gasteiger partial charge in [-0.15, -0.1) is 0 Å². The number of hydrogen-bond acceptors (Lipinski definition) is 3. The molecule has 0 spiro atoms. The lowest BCUT2D eigenvalue weighted by molar-refractivity contribution is 0.185. The van der Waals surface area contributed by atoms with E-state index in [2.05, 4.69) is 29.6 Å². The van der Waals surface area contributed by atoms with Gasteiger partial charge in [0.1, 0.15) is 0 Å². The molecule has 1 aliphatic carbocycles. The van der Waals surface area contributed by atoms with E-state index in [1.165, 1.54) is 24.0 Å². The van der Waals surface area contributed by atoms with Crippen molar-refractivity contribution in [2.75, 3.05) is 20.3 Å². The molecule has 2 rings (SSSR count). The first kappa shape index (κ1) is 13.5. The van der Waals surface area contributed by atoms with Crippen LogP contribution in [-0.4, -0.2) is 25.4 Å². The van der Waals surface area contributed by atoms with Crippen LogP contribution in [-0.2, 0) is 17.9 Å². The predicted octanol–water partition coefficient (Wildman–Crippen LogP) is 2.09. The summed E-state index contributed by atoms with van der Waals surface area (Å²) in [7, 11) is 1.72. The van der Waals surface area contributed by atoms with Crippen molar-refractivity contribution >= 4 is 0 Å². The molecule has 0 radical (unpaired) electrons. The van der Waals surface area contributed by atoms with Gasteiger partial charge in [0, 0.05) is 26.8 Å². The molecule has 0 bridgehead atoms. The standard InChI is InChI=1S/C15H23NO2/c1-18-11-14-4-2-3-13(9-14)10-16-12-15(5-6-15)7-8-17/h2-4,9,16-17H,5-8,10-12H2,1H3. The number of aliphatic hydroxyl groups excluding tert-OH is 1. The Morgan fingerprint density at radius 3 is 2.78 bits per heavy atom. The minimum absolute atomic E-state index is 0.311. The molecule has 100 valence electrons. The van der Waals surface area contributed by atoms with E-state index in [9.17, 15) is 0 Å². The molecule has 0 aromatic heterocycles. The van der Waals surface area contributed by atoms with Crippen LogP contribution >= 0.6 is 0 Å². The molecule has 0 amide bonds. The molecule has 1 aromatic carbocycles. The van der Waals surface area contributed by atoms with E-state index in [0.717, 1.165) is 19.5 Å². The first-order chi connectivity index (χ1) is 8.78. The summed E-state index contributed by atoms with van der Waals surface area (Å²) in [4.78, 5) is 0. The Kier molecular flexibility index (Phi) is 4.75. The van der Waals surface area contributed by atoms with Crippen molar-refractivity contribution in [2.45, 2.75) is 32.4 Å². The SMILES string of the molecule is COCc1cccc(CNCC2(CCO)CC2)c1. The fraction of sp³-hybridized carbons (Fsp3) is 0.600. The normalized spacial score (nSPS) is 16.8. The third kappa shape index (κ3) is 3.80. The van der Waals surface area contributed by atoms with Crippen LogP contribution in [0, 0.1) is 5.41 Å². The summed E-state index contributed by atoms with van der Waals surface area (Å²) in [6.45, 7) is 2.89. The van der Waals surface area contributed by atoms with Gasteiger partial charge in [-0.3, -0.25) is 0 Å². The van der Waals surface area contributed by atoms with Gasteiger partial charge in [0.2, 0.25) is 0 Å². The highest BCUT2D eigenvalue weighted by Crippen LogP contribution is 2.47. The number of aliphatic hydroxyl groups is 1. The second kappa shape index (κ2) is 6.32. The fourth-order valence-corrected chi connectivity index (χ4v) is 2.40. The fourth-order valence-electron chi connectivity index (χ4n) is 2.40. The lowest BCUT2D eigenvalue weighted by Crippen LogP contribution is -2.24. The Hall–Kier alpha value is -0.900. The van der Waals surface area contributed by atoms with Crippen molar-refractivity contribution < 1.29 is 9.84 Å². The van der Waals surface area contributed by atoms with Crippen LogP contribution < -0.4 is 5.32 Å². The monoisotopic (exact) mass is 249 g/mol. The quantitative estimate of drug-likeness (QED) is 0.741. The van der Waals surface area contributed by atoms with Crippen LogP contribution in [0.3, 0.4) is 0 Å². The topological polar surface area (TPSA) is 41.5 Å². The van der Waals surface area contributed by atoms with E-state index in [1.54, 1.807) is 7.11 Å². The van der Waals surface area contributed by atoms with Gasteiger partial charge in [-0.25, -0.2) is 0 Å². The summed E-state index contributed by atoms with van der Waals surface area (Å²) >= 11 is 0. The molecule has 1 saturated carbocycles. The van der Waals surface area contributed by atoms with Crippen molar-refractivity contribution in [3.05, 3.63) is 35.4 Å². The molecule has 0 aliphatic heterocycles. The first-order valence-electron chi connectivity index (χ1n) is 6.66. The van der Waals surface area contributed by atoms with Gasteiger partial charge in [0.05, 0.1) is 6.61 Å². The van der Waals surface area contributed by atoms with E-state index < -0.39 is 0 Å². The van der Waals surface area contributed by atoms with Gasteiger partial charge in [-0.05, 0) is 35.8 Å². The van der Waals surface area contributed by atoms with Crippen molar-refractivity contribution in [1.82, 2.24) is 5.32 Å².